The normalized spacial score (nSPS) is 13.8. The third-order valence-corrected chi connectivity index (χ3v) is 2.35. The molecule has 1 aromatic heterocycles. The molecule has 0 saturated heterocycles. The molecule has 1 aliphatic heterocycles. The van der Waals surface area contributed by atoms with Crippen LogP contribution in [0.3, 0.4) is 0 Å². The molecule has 0 bridgehead atoms. The smallest absolute Gasteiger partial charge is 0.294 e. The lowest BCUT2D eigenvalue weighted by Crippen LogP contribution is -2.20. The van der Waals surface area contributed by atoms with Crippen LogP contribution in [0.2, 0.25) is 0 Å². The van der Waals surface area contributed by atoms with E-state index in [-0.39, 0.29) is 5.84 Å². The minimum atomic E-state index is -0.425. The monoisotopic (exact) mass is 296 g/mol. The number of nitrogens with one attached hydrogen (secondary N) is 1. The molecule has 1 amide bonds. The predicted octanol–water partition coefficient (Wildman–Crippen LogP) is 1.59. The quantitative estimate of drug-likeness (QED) is 0.843. The zero-order chi connectivity index (χ0) is 11.5. The second-order valence-corrected chi connectivity index (χ2v) is 4.18. The molecule has 1 aromatic rings. The van der Waals surface area contributed by atoms with E-state index in [2.05, 4.69) is 36.2 Å². The molecule has 2 rings (SSSR count). The van der Waals surface area contributed by atoms with Crippen LogP contribution in [0.4, 0.5) is 5.82 Å². The number of amides is 1. The summed E-state index contributed by atoms with van der Waals surface area (Å²) in [5.74, 6) is 0.0598. The Balaban J connectivity index is 2.08. The van der Waals surface area contributed by atoms with Crippen molar-refractivity contribution in [3.8, 4) is 0 Å². The summed E-state index contributed by atoms with van der Waals surface area (Å²) in [5, 5.41) is 2.56. The van der Waals surface area contributed by atoms with Gasteiger partial charge in [0.2, 0.25) is 5.84 Å². The fraction of sp³-hybridized carbons (Fsp3) is 0. The fourth-order valence-electron chi connectivity index (χ4n) is 1.01. The molecule has 0 unspecified atom stereocenters. The van der Waals surface area contributed by atoms with Crippen molar-refractivity contribution < 1.29 is 4.79 Å². The van der Waals surface area contributed by atoms with Gasteiger partial charge in [-0.3, -0.25) is 4.79 Å². The zero-order valence-corrected chi connectivity index (χ0v) is 10.2. The number of pyridine rings is 1. The van der Waals surface area contributed by atoms with Gasteiger partial charge < -0.3 is 5.32 Å². The molecule has 5 nitrogen and oxygen atoms in total. The van der Waals surface area contributed by atoms with Crippen LogP contribution in [0.25, 0.3) is 0 Å². The number of hydrogen-bond donors (Lipinski definition) is 1. The fourth-order valence-corrected chi connectivity index (χ4v) is 1.38. The van der Waals surface area contributed by atoms with E-state index in [0.29, 0.717) is 10.8 Å². The second kappa shape index (κ2) is 4.58. The van der Waals surface area contributed by atoms with Crippen molar-refractivity contribution in [2.45, 2.75) is 0 Å². The van der Waals surface area contributed by atoms with Gasteiger partial charge in [-0.05, 0) is 28.1 Å². The number of aliphatic imine (C=N–C) groups is 2. The molecule has 80 valence electrons. The molecule has 1 N–H and O–H groups in total. The van der Waals surface area contributed by atoms with Crippen LogP contribution < -0.4 is 5.32 Å². The SMILES string of the molecule is O=C(Nc1ccc(Br)cn1)C1=NC(=S)C=N1. The summed E-state index contributed by atoms with van der Waals surface area (Å²) in [6.07, 6.45) is 2.94. The number of carbonyl (C=O) groups excluding carboxylic acids is 1. The number of thiocarbonyl (C=S) groups is 1. The van der Waals surface area contributed by atoms with Crippen molar-refractivity contribution in [1.82, 2.24) is 4.98 Å². The largest absolute Gasteiger partial charge is 0.304 e. The number of aromatic nitrogens is 1. The van der Waals surface area contributed by atoms with Crippen LogP contribution in [0, 0.1) is 0 Å². The Morgan fingerprint density at radius 3 is 2.81 bits per heavy atom. The highest BCUT2D eigenvalue weighted by Crippen LogP contribution is 2.10. The van der Waals surface area contributed by atoms with Gasteiger partial charge in [0, 0.05) is 10.7 Å². The van der Waals surface area contributed by atoms with E-state index >= 15 is 0 Å². The van der Waals surface area contributed by atoms with Gasteiger partial charge >= 0.3 is 0 Å². The number of carbonyl (C=O) groups is 1. The molecule has 2 heterocycles. The summed E-state index contributed by atoms with van der Waals surface area (Å²) in [6, 6.07) is 3.44. The Labute approximate surface area is 105 Å². The minimum Gasteiger partial charge on any atom is -0.304 e. The lowest BCUT2D eigenvalue weighted by atomic mass is 10.4. The molecular weight excluding hydrogens is 292 g/mol. The first-order valence-corrected chi connectivity index (χ1v) is 5.45. The third kappa shape index (κ3) is 2.56. The van der Waals surface area contributed by atoms with Crippen LogP contribution in [0.1, 0.15) is 0 Å². The lowest BCUT2D eigenvalue weighted by Gasteiger charge is -2.01. The molecule has 0 aliphatic carbocycles. The Morgan fingerprint density at radius 1 is 1.44 bits per heavy atom. The number of hydrogen-bond acceptors (Lipinski definition) is 4. The summed E-state index contributed by atoms with van der Waals surface area (Å²) >= 11 is 8.00. The molecule has 0 spiro atoms. The van der Waals surface area contributed by atoms with Crippen molar-refractivity contribution in [3.05, 3.63) is 22.8 Å². The second-order valence-electron chi connectivity index (χ2n) is 2.85. The van der Waals surface area contributed by atoms with Crippen molar-refractivity contribution >= 4 is 56.9 Å². The molecule has 0 saturated carbocycles. The Bertz CT molecular complexity index is 509. The van der Waals surface area contributed by atoms with Gasteiger partial charge in [-0.1, -0.05) is 12.2 Å². The average Bonchev–Trinajstić information content (AvgIpc) is 2.68. The molecule has 0 aromatic carbocycles. The van der Waals surface area contributed by atoms with E-state index in [4.69, 9.17) is 12.2 Å². The highest BCUT2D eigenvalue weighted by atomic mass is 79.9. The molecule has 7 heteroatoms. The first-order valence-electron chi connectivity index (χ1n) is 4.25. The highest BCUT2D eigenvalue weighted by Gasteiger charge is 2.15. The van der Waals surface area contributed by atoms with Crippen LogP contribution in [0.15, 0.2) is 32.8 Å². The predicted molar refractivity (Wildman–Crippen MR) is 69.1 cm³/mol. The standard InChI is InChI=1S/C9H5BrN4OS/c10-5-1-2-6(11-3-5)13-9(15)8-12-4-7(16)14-8/h1-4H,(H,11,13,15). The van der Waals surface area contributed by atoms with Crippen LogP contribution in [0.5, 0.6) is 0 Å². The van der Waals surface area contributed by atoms with E-state index in [1.807, 2.05) is 0 Å². The maximum atomic E-state index is 11.6. The summed E-state index contributed by atoms with van der Waals surface area (Å²) in [5.41, 5.74) is 0. The topological polar surface area (TPSA) is 66.7 Å². The van der Waals surface area contributed by atoms with Crippen LogP contribution in [-0.2, 0) is 4.79 Å². The van der Waals surface area contributed by atoms with E-state index in [1.54, 1.807) is 18.3 Å². The third-order valence-electron chi connectivity index (χ3n) is 1.69. The first-order chi connectivity index (χ1) is 7.65. The number of halogens is 1. The zero-order valence-electron chi connectivity index (χ0n) is 7.85. The Hall–Kier alpha value is -1.47. The van der Waals surface area contributed by atoms with E-state index in [9.17, 15) is 4.79 Å². The van der Waals surface area contributed by atoms with E-state index in [0.717, 1.165) is 4.47 Å². The van der Waals surface area contributed by atoms with E-state index in [1.165, 1.54) is 6.21 Å². The van der Waals surface area contributed by atoms with Gasteiger partial charge in [0.25, 0.3) is 5.91 Å². The van der Waals surface area contributed by atoms with Crippen molar-refractivity contribution in [2.75, 3.05) is 5.32 Å². The van der Waals surface area contributed by atoms with Crippen LogP contribution >= 0.6 is 28.1 Å². The van der Waals surface area contributed by atoms with Crippen LogP contribution in [-0.4, -0.2) is 27.9 Å². The number of anilines is 1. The van der Waals surface area contributed by atoms with Gasteiger partial charge in [-0.25, -0.2) is 15.0 Å². The summed E-state index contributed by atoms with van der Waals surface area (Å²) in [6.45, 7) is 0. The number of amidine groups is 1. The van der Waals surface area contributed by atoms with Crippen molar-refractivity contribution in [3.63, 3.8) is 0 Å². The van der Waals surface area contributed by atoms with Gasteiger partial charge in [-0.15, -0.1) is 0 Å². The Kier molecular flexibility index (Phi) is 3.16. The molecular formula is C9H5BrN4OS. The van der Waals surface area contributed by atoms with Crippen molar-refractivity contribution in [1.29, 1.82) is 0 Å². The number of nitrogens with zero attached hydrogens (tertiary/aromatic N) is 3. The van der Waals surface area contributed by atoms with E-state index < -0.39 is 5.91 Å². The molecule has 0 atom stereocenters. The summed E-state index contributed by atoms with van der Waals surface area (Å²) in [7, 11) is 0. The molecule has 0 fully saturated rings. The Morgan fingerprint density at radius 2 is 2.25 bits per heavy atom. The van der Waals surface area contributed by atoms with Gasteiger partial charge in [0.1, 0.15) is 10.8 Å². The maximum absolute atomic E-state index is 11.6. The number of rotatable bonds is 2. The summed E-state index contributed by atoms with van der Waals surface area (Å²) in [4.78, 5) is 23.4. The molecule has 1 aliphatic rings. The average molecular weight is 297 g/mol. The summed E-state index contributed by atoms with van der Waals surface area (Å²) < 4.78 is 0.836. The molecule has 0 radical (unpaired) electrons. The highest BCUT2D eigenvalue weighted by molar-refractivity contribution is 9.10. The maximum Gasteiger partial charge on any atom is 0.294 e. The first kappa shape index (κ1) is 11.0. The minimum absolute atomic E-state index is 0.0507. The molecule has 16 heavy (non-hydrogen) atoms. The van der Waals surface area contributed by atoms with Gasteiger partial charge in [0.05, 0.1) is 6.21 Å². The van der Waals surface area contributed by atoms with Crippen molar-refractivity contribution in [2.24, 2.45) is 9.98 Å². The van der Waals surface area contributed by atoms with Gasteiger partial charge in [-0.2, -0.15) is 0 Å². The lowest BCUT2D eigenvalue weighted by molar-refractivity contribution is -0.110. The van der Waals surface area contributed by atoms with Gasteiger partial charge in [0.15, 0.2) is 0 Å².